The molecule has 1 aliphatic rings. The molecule has 36 heavy (non-hydrogen) atoms. The molecule has 0 spiro atoms. The highest BCUT2D eigenvalue weighted by molar-refractivity contribution is 7.99. The van der Waals surface area contributed by atoms with Crippen LogP contribution in [0.25, 0.3) is 10.9 Å². The van der Waals surface area contributed by atoms with E-state index in [1.807, 2.05) is 30.5 Å². The molecule has 0 amide bonds. The minimum absolute atomic E-state index is 0.310. The van der Waals surface area contributed by atoms with Crippen molar-refractivity contribution >= 4 is 40.2 Å². The lowest BCUT2D eigenvalue weighted by molar-refractivity contribution is -0.153. The molecule has 7 nitrogen and oxygen atoms in total. The first kappa shape index (κ1) is 26.7. The van der Waals surface area contributed by atoms with Gasteiger partial charge in [-0.1, -0.05) is 11.6 Å². The summed E-state index contributed by atoms with van der Waals surface area (Å²) in [5.41, 5.74) is 0.441. The standard InChI is InChI=1S/C27H32ClN3O4S/c1-35-19-5-6-23-21(16-19)25(22(28)18-30-23)24(32)7-8-27(26(33)34)9-13-31(14-10-27)12-3-15-36-20-4-2-11-29-17-20/h2,4-6,11,16-18,24,32H,3,7-10,12-15H2,1H3,(H,33,34)/t24-/m0/s1. The van der Waals surface area contributed by atoms with Gasteiger partial charge in [-0.25, -0.2) is 0 Å². The summed E-state index contributed by atoms with van der Waals surface area (Å²) in [4.78, 5) is 24.4. The van der Waals surface area contributed by atoms with Crippen molar-refractivity contribution in [1.82, 2.24) is 14.9 Å². The quantitative estimate of drug-likeness (QED) is 0.250. The topological polar surface area (TPSA) is 95.8 Å². The van der Waals surface area contributed by atoms with Gasteiger partial charge >= 0.3 is 5.97 Å². The maximum absolute atomic E-state index is 12.4. The number of hydrogen-bond acceptors (Lipinski definition) is 7. The molecule has 9 heteroatoms. The predicted molar refractivity (Wildman–Crippen MR) is 143 cm³/mol. The van der Waals surface area contributed by atoms with Crippen LogP contribution in [-0.2, 0) is 4.79 Å². The van der Waals surface area contributed by atoms with Crippen molar-refractivity contribution in [2.75, 3.05) is 32.5 Å². The number of pyridine rings is 2. The van der Waals surface area contributed by atoms with Gasteiger partial charge in [0.05, 0.1) is 29.2 Å². The molecule has 0 aliphatic carbocycles. The molecule has 0 saturated carbocycles. The number of fused-ring (bicyclic) bond motifs is 1. The average Bonchev–Trinajstić information content (AvgIpc) is 2.90. The molecule has 0 bridgehead atoms. The summed E-state index contributed by atoms with van der Waals surface area (Å²) in [6.07, 6.45) is 7.17. The van der Waals surface area contributed by atoms with E-state index < -0.39 is 17.5 Å². The summed E-state index contributed by atoms with van der Waals surface area (Å²) in [5, 5.41) is 22.3. The molecule has 1 atom stereocenters. The lowest BCUT2D eigenvalue weighted by atomic mass is 9.74. The molecular formula is C27H32ClN3O4S. The number of nitrogens with zero attached hydrogens (tertiary/aromatic N) is 3. The van der Waals surface area contributed by atoms with Gasteiger partial charge < -0.3 is 19.8 Å². The Labute approximate surface area is 220 Å². The number of aliphatic hydroxyl groups is 1. The minimum Gasteiger partial charge on any atom is -0.497 e. The molecule has 4 rings (SSSR count). The smallest absolute Gasteiger partial charge is 0.309 e. The maximum atomic E-state index is 12.4. The number of hydrogen-bond donors (Lipinski definition) is 2. The Morgan fingerprint density at radius 1 is 1.28 bits per heavy atom. The lowest BCUT2D eigenvalue weighted by Crippen LogP contribution is -2.44. The summed E-state index contributed by atoms with van der Waals surface area (Å²) >= 11 is 8.23. The number of rotatable bonds is 11. The van der Waals surface area contributed by atoms with Crippen LogP contribution in [0.2, 0.25) is 5.02 Å². The van der Waals surface area contributed by atoms with Crippen molar-refractivity contribution < 1.29 is 19.7 Å². The molecule has 1 aliphatic heterocycles. The van der Waals surface area contributed by atoms with E-state index in [9.17, 15) is 15.0 Å². The third-order valence-corrected chi connectivity index (χ3v) is 8.46. The number of aromatic nitrogens is 2. The van der Waals surface area contributed by atoms with Crippen LogP contribution in [-0.4, -0.2) is 63.5 Å². The Morgan fingerprint density at radius 3 is 2.78 bits per heavy atom. The summed E-state index contributed by atoms with van der Waals surface area (Å²) in [6.45, 7) is 2.44. The fourth-order valence-electron chi connectivity index (χ4n) is 4.88. The van der Waals surface area contributed by atoms with E-state index in [4.69, 9.17) is 16.3 Å². The van der Waals surface area contributed by atoms with E-state index in [0.717, 1.165) is 37.2 Å². The number of benzene rings is 1. The lowest BCUT2D eigenvalue weighted by Gasteiger charge is -2.39. The van der Waals surface area contributed by atoms with Crippen LogP contribution in [0.4, 0.5) is 0 Å². The summed E-state index contributed by atoms with van der Waals surface area (Å²) in [7, 11) is 1.58. The van der Waals surface area contributed by atoms with Gasteiger partial charge in [0, 0.05) is 34.4 Å². The van der Waals surface area contributed by atoms with Crippen molar-refractivity contribution in [3.05, 3.63) is 59.5 Å². The Kier molecular flexibility index (Phi) is 9.06. The van der Waals surface area contributed by atoms with Crippen molar-refractivity contribution in [2.45, 2.75) is 43.1 Å². The molecule has 2 N–H and O–H groups in total. The molecule has 1 aromatic carbocycles. The van der Waals surface area contributed by atoms with Gasteiger partial charge in [-0.2, -0.15) is 0 Å². The van der Waals surface area contributed by atoms with Crippen LogP contribution in [0.5, 0.6) is 5.75 Å². The first-order valence-electron chi connectivity index (χ1n) is 12.2. The van der Waals surface area contributed by atoms with Gasteiger partial charge in [0.1, 0.15) is 5.75 Å². The molecule has 0 unspecified atom stereocenters. The second kappa shape index (κ2) is 12.2. The number of halogens is 1. The van der Waals surface area contributed by atoms with Gasteiger partial charge in [-0.15, -0.1) is 11.8 Å². The highest BCUT2D eigenvalue weighted by Crippen LogP contribution is 2.41. The summed E-state index contributed by atoms with van der Waals surface area (Å²) < 4.78 is 5.33. The number of piperidine rings is 1. The number of likely N-dealkylation sites (tertiary alicyclic amines) is 1. The molecule has 0 radical (unpaired) electrons. The molecule has 192 valence electrons. The molecule has 2 aromatic heterocycles. The molecule has 3 heterocycles. The van der Waals surface area contributed by atoms with E-state index >= 15 is 0 Å². The maximum Gasteiger partial charge on any atom is 0.309 e. The van der Waals surface area contributed by atoms with E-state index in [1.165, 1.54) is 11.1 Å². The van der Waals surface area contributed by atoms with Crippen molar-refractivity contribution in [3.8, 4) is 5.75 Å². The van der Waals surface area contributed by atoms with Gasteiger partial charge in [-0.05, 0) is 87.8 Å². The van der Waals surface area contributed by atoms with E-state index in [2.05, 4.69) is 20.9 Å². The largest absolute Gasteiger partial charge is 0.497 e. The first-order valence-corrected chi connectivity index (χ1v) is 13.6. The normalized spacial score (nSPS) is 16.6. The fraction of sp³-hybridized carbons (Fsp3) is 0.444. The van der Waals surface area contributed by atoms with Gasteiger partial charge in [-0.3, -0.25) is 14.8 Å². The average molecular weight is 530 g/mol. The number of carboxylic acids is 1. The summed E-state index contributed by atoms with van der Waals surface area (Å²) in [5.74, 6) is 0.867. The Hall–Kier alpha value is -2.39. The zero-order chi connectivity index (χ0) is 25.5. The Balaban J connectivity index is 1.34. The van der Waals surface area contributed by atoms with Crippen LogP contribution in [0, 0.1) is 5.41 Å². The van der Waals surface area contributed by atoms with Crippen LogP contribution in [0.1, 0.15) is 43.8 Å². The number of carbonyl (C=O) groups is 1. The number of aliphatic carboxylic acids is 1. The number of methoxy groups -OCH3 is 1. The van der Waals surface area contributed by atoms with Gasteiger partial charge in [0.15, 0.2) is 0 Å². The van der Waals surface area contributed by atoms with Crippen molar-refractivity contribution in [3.63, 3.8) is 0 Å². The van der Waals surface area contributed by atoms with Crippen molar-refractivity contribution in [2.24, 2.45) is 5.41 Å². The van der Waals surface area contributed by atoms with E-state index in [-0.39, 0.29) is 0 Å². The van der Waals surface area contributed by atoms with Crippen molar-refractivity contribution in [1.29, 1.82) is 0 Å². The Morgan fingerprint density at radius 2 is 2.08 bits per heavy atom. The minimum atomic E-state index is -0.895. The highest BCUT2D eigenvalue weighted by atomic mass is 35.5. The van der Waals surface area contributed by atoms with E-state index in [1.54, 1.807) is 25.1 Å². The molecular weight excluding hydrogens is 498 g/mol. The molecule has 1 saturated heterocycles. The first-order chi connectivity index (χ1) is 17.4. The zero-order valence-corrected chi connectivity index (χ0v) is 22.0. The Bertz CT molecular complexity index is 1170. The third kappa shape index (κ3) is 6.29. The van der Waals surface area contributed by atoms with Gasteiger partial charge in [0.25, 0.3) is 0 Å². The summed E-state index contributed by atoms with van der Waals surface area (Å²) in [6, 6.07) is 9.45. The number of aliphatic hydroxyl groups excluding tert-OH is 1. The number of thioether (sulfide) groups is 1. The zero-order valence-electron chi connectivity index (χ0n) is 20.4. The monoisotopic (exact) mass is 529 g/mol. The van der Waals surface area contributed by atoms with Crippen LogP contribution < -0.4 is 4.74 Å². The second-order valence-electron chi connectivity index (χ2n) is 9.28. The SMILES string of the molecule is COc1ccc2ncc(Cl)c([C@@H](O)CCC3(C(=O)O)CCN(CCCSc4cccnc4)CC3)c2c1. The molecule has 3 aromatic rings. The second-order valence-corrected chi connectivity index (χ2v) is 10.9. The van der Waals surface area contributed by atoms with Crippen LogP contribution in [0.15, 0.2) is 53.8 Å². The predicted octanol–water partition coefficient (Wildman–Crippen LogP) is 5.45. The highest BCUT2D eigenvalue weighted by Gasteiger charge is 2.41. The number of carboxylic acid groups (broad SMARTS) is 1. The molecule has 1 fully saturated rings. The fourth-order valence-corrected chi connectivity index (χ4v) is 5.97. The van der Waals surface area contributed by atoms with Crippen LogP contribution in [0.3, 0.4) is 0 Å². The van der Waals surface area contributed by atoms with Gasteiger partial charge in [0.2, 0.25) is 0 Å². The van der Waals surface area contributed by atoms with Crippen LogP contribution >= 0.6 is 23.4 Å². The van der Waals surface area contributed by atoms with E-state index in [0.29, 0.717) is 47.5 Å². The third-order valence-electron chi connectivity index (χ3n) is 7.09. The number of ether oxygens (including phenoxy) is 1.